The molecule has 2 aromatic carbocycles. The summed E-state index contributed by atoms with van der Waals surface area (Å²) in [7, 11) is 1.72. The Morgan fingerprint density at radius 2 is 1.86 bits per heavy atom. The summed E-state index contributed by atoms with van der Waals surface area (Å²) in [5.41, 5.74) is 4.01. The van der Waals surface area contributed by atoms with E-state index in [1.54, 1.807) is 11.6 Å². The third kappa shape index (κ3) is 4.23. The second-order valence-electron chi connectivity index (χ2n) is 7.46. The van der Waals surface area contributed by atoms with E-state index in [0.29, 0.717) is 5.56 Å². The van der Waals surface area contributed by atoms with E-state index in [4.69, 9.17) is 0 Å². The number of benzene rings is 2. The molecule has 1 amide bonds. The minimum atomic E-state index is -0.261. The quantitative estimate of drug-likeness (QED) is 0.717. The zero-order chi connectivity index (χ0) is 20.4. The third-order valence-electron chi connectivity index (χ3n) is 5.45. The molecule has 0 radical (unpaired) electrons. The van der Waals surface area contributed by atoms with Crippen molar-refractivity contribution in [3.8, 4) is 0 Å². The van der Waals surface area contributed by atoms with E-state index in [1.807, 2.05) is 49.0 Å². The number of nitrogens with one attached hydrogen (secondary N) is 1. The molecule has 1 N–H and O–H groups in total. The highest BCUT2D eigenvalue weighted by Crippen LogP contribution is 2.22. The molecular formula is C23H25N3O2S. The SMILES string of the molecule is Cc1cc(CN2CCSCC2)ccc1NC(=O)c1cc(=O)n(C)c2ccccc12. The molecule has 1 aliphatic heterocycles. The Hall–Kier alpha value is -2.57. The van der Waals surface area contributed by atoms with Crippen LogP contribution in [0.2, 0.25) is 0 Å². The Kier molecular flexibility index (Phi) is 5.74. The minimum absolute atomic E-state index is 0.194. The molecule has 1 aromatic heterocycles. The summed E-state index contributed by atoms with van der Waals surface area (Å²) in [5.74, 6) is 2.12. The number of thioether (sulfide) groups is 1. The number of anilines is 1. The van der Waals surface area contributed by atoms with E-state index in [-0.39, 0.29) is 11.5 Å². The van der Waals surface area contributed by atoms with Crippen LogP contribution < -0.4 is 10.9 Å². The lowest BCUT2D eigenvalue weighted by atomic mass is 10.1. The molecule has 0 saturated carbocycles. The van der Waals surface area contributed by atoms with Crippen molar-refractivity contribution >= 4 is 34.3 Å². The number of amides is 1. The van der Waals surface area contributed by atoms with Crippen molar-refractivity contribution < 1.29 is 4.79 Å². The zero-order valence-electron chi connectivity index (χ0n) is 16.8. The fourth-order valence-corrected chi connectivity index (χ4v) is 4.75. The van der Waals surface area contributed by atoms with E-state index in [0.717, 1.165) is 41.8 Å². The maximum atomic E-state index is 13.0. The average Bonchev–Trinajstić information content (AvgIpc) is 2.73. The van der Waals surface area contributed by atoms with E-state index in [1.165, 1.54) is 23.1 Å². The minimum Gasteiger partial charge on any atom is -0.322 e. The van der Waals surface area contributed by atoms with E-state index in [9.17, 15) is 9.59 Å². The van der Waals surface area contributed by atoms with E-state index in [2.05, 4.69) is 22.3 Å². The van der Waals surface area contributed by atoms with Gasteiger partial charge in [-0.15, -0.1) is 0 Å². The number of para-hydroxylation sites is 1. The van der Waals surface area contributed by atoms with E-state index < -0.39 is 0 Å². The number of fused-ring (bicyclic) bond motifs is 1. The van der Waals surface area contributed by atoms with Crippen LogP contribution in [0.4, 0.5) is 5.69 Å². The lowest BCUT2D eigenvalue weighted by Crippen LogP contribution is -2.31. The lowest BCUT2D eigenvalue weighted by Gasteiger charge is -2.26. The van der Waals surface area contributed by atoms with Crippen LogP contribution >= 0.6 is 11.8 Å². The molecular weight excluding hydrogens is 382 g/mol. The summed E-state index contributed by atoms with van der Waals surface area (Å²) >= 11 is 2.01. The van der Waals surface area contributed by atoms with Crippen LogP contribution in [0.15, 0.2) is 53.3 Å². The number of nitrogens with zero attached hydrogens (tertiary/aromatic N) is 2. The molecule has 5 nitrogen and oxygen atoms in total. The first kappa shape index (κ1) is 19.7. The van der Waals surface area contributed by atoms with Gasteiger partial charge in [0, 0.05) is 55.3 Å². The van der Waals surface area contributed by atoms with Crippen LogP contribution in [-0.2, 0) is 13.6 Å². The first-order valence-corrected chi connectivity index (χ1v) is 11.0. The number of carbonyl (C=O) groups excluding carboxylic acids is 1. The van der Waals surface area contributed by atoms with Crippen molar-refractivity contribution in [3.05, 3.63) is 75.6 Å². The van der Waals surface area contributed by atoms with Crippen molar-refractivity contribution in [1.29, 1.82) is 0 Å². The van der Waals surface area contributed by atoms with Gasteiger partial charge in [-0.3, -0.25) is 14.5 Å². The van der Waals surface area contributed by atoms with Gasteiger partial charge in [-0.1, -0.05) is 30.3 Å². The zero-order valence-corrected chi connectivity index (χ0v) is 17.6. The summed E-state index contributed by atoms with van der Waals surface area (Å²) in [6.07, 6.45) is 0. The lowest BCUT2D eigenvalue weighted by molar-refractivity contribution is 0.102. The normalized spacial score (nSPS) is 14.8. The number of carbonyl (C=O) groups is 1. The summed E-state index contributed by atoms with van der Waals surface area (Å²) in [5, 5.41) is 3.76. The van der Waals surface area contributed by atoms with Gasteiger partial charge >= 0.3 is 0 Å². The number of hydrogen-bond donors (Lipinski definition) is 1. The summed E-state index contributed by atoms with van der Waals surface area (Å²) in [4.78, 5) is 27.7. The molecule has 1 aliphatic rings. The molecule has 29 heavy (non-hydrogen) atoms. The topological polar surface area (TPSA) is 54.3 Å². The Morgan fingerprint density at radius 1 is 1.10 bits per heavy atom. The molecule has 150 valence electrons. The predicted molar refractivity (Wildman–Crippen MR) is 121 cm³/mol. The Morgan fingerprint density at radius 3 is 2.62 bits per heavy atom. The smallest absolute Gasteiger partial charge is 0.256 e. The van der Waals surface area contributed by atoms with Crippen molar-refractivity contribution in [2.24, 2.45) is 7.05 Å². The number of aromatic nitrogens is 1. The average molecular weight is 408 g/mol. The molecule has 0 aliphatic carbocycles. The largest absolute Gasteiger partial charge is 0.322 e. The van der Waals surface area contributed by atoms with Crippen molar-refractivity contribution in [2.75, 3.05) is 29.9 Å². The van der Waals surface area contributed by atoms with Gasteiger partial charge in [0.05, 0.1) is 11.1 Å². The molecule has 1 saturated heterocycles. The fraction of sp³-hybridized carbons (Fsp3) is 0.304. The Labute approximate surface area is 174 Å². The standard InChI is InChI=1S/C23H25N3O2S/c1-16-13-17(15-26-9-11-29-12-10-26)7-8-20(16)24-23(28)19-14-22(27)25(2)21-6-4-3-5-18(19)21/h3-8,13-14H,9-12,15H2,1-2H3,(H,24,28). The predicted octanol–water partition coefficient (Wildman–Crippen LogP) is 3.65. The van der Waals surface area contributed by atoms with Crippen LogP contribution in [0.3, 0.4) is 0 Å². The molecule has 1 fully saturated rings. The highest BCUT2D eigenvalue weighted by atomic mass is 32.2. The second-order valence-corrected chi connectivity index (χ2v) is 8.69. The molecule has 3 aromatic rings. The van der Waals surface area contributed by atoms with Gasteiger partial charge < -0.3 is 9.88 Å². The van der Waals surface area contributed by atoms with Crippen molar-refractivity contribution in [2.45, 2.75) is 13.5 Å². The van der Waals surface area contributed by atoms with Crippen LogP contribution in [0.1, 0.15) is 21.5 Å². The highest BCUT2D eigenvalue weighted by molar-refractivity contribution is 7.99. The molecule has 6 heteroatoms. The fourth-order valence-electron chi connectivity index (χ4n) is 3.77. The van der Waals surface area contributed by atoms with Gasteiger partial charge in [0.1, 0.15) is 0 Å². The molecule has 0 atom stereocenters. The molecule has 4 rings (SSSR count). The second kappa shape index (κ2) is 8.43. The van der Waals surface area contributed by atoms with Crippen LogP contribution in [0, 0.1) is 6.92 Å². The maximum absolute atomic E-state index is 13.0. The first-order valence-electron chi connectivity index (χ1n) is 9.82. The molecule has 0 unspecified atom stereocenters. The van der Waals surface area contributed by atoms with Gasteiger partial charge in [0.2, 0.25) is 0 Å². The Bertz CT molecular complexity index is 1120. The summed E-state index contributed by atoms with van der Waals surface area (Å²) in [6.45, 7) is 5.19. The third-order valence-corrected chi connectivity index (χ3v) is 6.39. The highest BCUT2D eigenvalue weighted by Gasteiger charge is 2.15. The van der Waals surface area contributed by atoms with Gasteiger partial charge in [-0.2, -0.15) is 11.8 Å². The first-order chi connectivity index (χ1) is 14.0. The van der Waals surface area contributed by atoms with Gasteiger partial charge in [0.15, 0.2) is 0 Å². The molecule has 0 spiro atoms. The van der Waals surface area contributed by atoms with E-state index >= 15 is 0 Å². The summed E-state index contributed by atoms with van der Waals surface area (Å²) < 4.78 is 1.56. The Balaban J connectivity index is 1.57. The van der Waals surface area contributed by atoms with Crippen molar-refractivity contribution in [3.63, 3.8) is 0 Å². The number of rotatable bonds is 4. The van der Waals surface area contributed by atoms with Gasteiger partial charge in [-0.25, -0.2) is 0 Å². The van der Waals surface area contributed by atoms with Gasteiger partial charge in [0.25, 0.3) is 11.5 Å². The maximum Gasteiger partial charge on any atom is 0.256 e. The van der Waals surface area contributed by atoms with Crippen LogP contribution in [0.5, 0.6) is 0 Å². The van der Waals surface area contributed by atoms with Gasteiger partial charge in [-0.05, 0) is 30.2 Å². The summed E-state index contributed by atoms with van der Waals surface area (Å²) in [6, 6.07) is 15.1. The van der Waals surface area contributed by atoms with Crippen LogP contribution in [-0.4, -0.2) is 40.0 Å². The number of pyridine rings is 1. The number of aryl methyl sites for hydroxylation is 2. The number of hydrogen-bond acceptors (Lipinski definition) is 4. The monoisotopic (exact) mass is 407 g/mol. The molecule has 0 bridgehead atoms. The molecule has 2 heterocycles. The van der Waals surface area contributed by atoms with Crippen LogP contribution in [0.25, 0.3) is 10.9 Å². The van der Waals surface area contributed by atoms with Crippen molar-refractivity contribution in [1.82, 2.24) is 9.47 Å².